The van der Waals surface area contributed by atoms with Crippen LogP contribution >= 0.6 is 11.6 Å². The SMILES string of the molecule is CCN(CC(C)(C)CN)C(=O)c1ccccc1Cl. The second-order valence-electron chi connectivity index (χ2n) is 5.17. The number of nitrogens with two attached hydrogens (primary N) is 1. The van der Waals surface area contributed by atoms with Crippen LogP contribution in [0.2, 0.25) is 5.02 Å². The van der Waals surface area contributed by atoms with E-state index >= 15 is 0 Å². The summed E-state index contributed by atoms with van der Waals surface area (Å²) in [7, 11) is 0. The van der Waals surface area contributed by atoms with Crippen molar-refractivity contribution in [3.05, 3.63) is 34.9 Å². The molecule has 0 saturated carbocycles. The van der Waals surface area contributed by atoms with E-state index in [0.29, 0.717) is 30.2 Å². The molecule has 0 spiro atoms. The van der Waals surface area contributed by atoms with Gasteiger partial charge in [0.1, 0.15) is 0 Å². The lowest BCUT2D eigenvalue weighted by atomic mass is 9.93. The maximum absolute atomic E-state index is 12.4. The number of rotatable bonds is 5. The zero-order valence-electron chi connectivity index (χ0n) is 11.2. The minimum absolute atomic E-state index is 0.0374. The topological polar surface area (TPSA) is 46.3 Å². The fraction of sp³-hybridized carbons (Fsp3) is 0.500. The lowest BCUT2D eigenvalue weighted by Crippen LogP contribution is -2.42. The quantitative estimate of drug-likeness (QED) is 0.893. The molecule has 2 N–H and O–H groups in total. The highest BCUT2D eigenvalue weighted by Gasteiger charge is 2.24. The minimum Gasteiger partial charge on any atom is -0.338 e. The van der Waals surface area contributed by atoms with Gasteiger partial charge in [0.05, 0.1) is 10.6 Å². The van der Waals surface area contributed by atoms with Crippen molar-refractivity contribution in [2.24, 2.45) is 11.1 Å². The number of hydrogen-bond donors (Lipinski definition) is 1. The molecule has 3 nitrogen and oxygen atoms in total. The predicted octanol–water partition coefficient (Wildman–Crippen LogP) is 2.79. The van der Waals surface area contributed by atoms with E-state index in [1.807, 2.05) is 19.1 Å². The maximum atomic E-state index is 12.4. The lowest BCUT2D eigenvalue weighted by Gasteiger charge is -2.31. The maximum Gasteiger partial charge on any atom is 0.255 e. The standard InChI is InChI=1S/C14H21ClN2O/c1-4-17(10-14(2,3)9-16)13(18)11-7-5-6-8-12(11)15/h5-8H,4,9-10,16H2,1-3H3. The fourth-order valence-corrected chi connectivity index (χ4v) is 1.93. The molecule has 18 heavy (non-hydrogen) atoms. The van der Waals surface area contributed by atoms with Gasteiger partial charge in [0.15, 0.2) is 0 Å². The van der Waals surface area contributed by atoms with Gasteiger partial charge < -0.3 is 10.6 Å². The molecule has 1 aromatic carbocycles. The molecule has 0 atom stereocenters. The van der Waals surface area contributed by atoms with Crippen LogP contribution in [0.15, 0.2) is 24.3 Å². The van der Waals surface area contributed by atoms with Gasteiger partial charge in [-0.3, -0.25) is 4.79 Å². The number of halogens is 1. The Labute approximate surface area is 114 Å². The Bertz CT molecular complexity index is 418. The Morgan fingerprint density at radius 1 is 1.39 bits per heavy atom. The fourth-order valence-electron chi connectivity index (χ4n) is 1.71. The van der Waals surface area contributed by atoms with Crippen LogP contribution in [0.3, 0.4) is 0 Å². The minimum atomic E-state index is -0.0904. The van der Waals surface area contributed by atoms with Crippen molar-refractivity contribution in [3.8, 4) is 0 Å². The lowest BCUT2D eigenvalue weighted by molar-refractivity contribution is 0.0701. The highest BCUT2D eigenvalue weighted by molar-refractivity contribution is 6.33. The Balaban J connectivity index is 2.90. The molecule has 0 unspecified atom stereocenters. The summed E-state index contributed by atoms with van der Waals surface area (Å²) in [5.74, 6) is -0.0374. The molecule has 1 amide bonds. The molecule has 0 aliphatic heterocycles. The van der Waals surface area contributed by atoms with Gasteiger partial charge in [-0.2, -0.15) is 0 Å². The molecular weight excluding hydrogens is 248 g/mol. The molecule has 0 heterocycles. The van der Waals surface area contributed by atoms with E-state index in [2.05, 4.69) is 13.8 Å². The van der Waals surface area contributed by atoms with Gasteiger partial charge in [0.25, 0.3) is 5.91 Å². The van der Waals surface area contributed by atoms with Crippen LogP contribution < -0.4 is 5.73 Å². The summed E-state index contributed by atoms with van der Waals surface area (Å²) in [5, 5.41) is 0.492. The van der Waals surface area contributed by atoms with Gasteiger partial charge >= 0.3 is 0 Å². The van der Waals surface area contributed by atoms with Crippen LogP contribution in [0.25, 0.3) is 0 Å². The highest BCUT2D eigenvalue weighted by atomic mass is 35.5. The summed E-state index contributed by atoms with van der Waals surface area (Å²) >= 11 is 6.05. The molecule has 0 bridgehead atoms. The van der Waals surface area contributed by atoms with Crippen molar-refractivity contribution in [3.63, 3.8) is 0 Å². The zero-order chi connectivity index (χ0) is 13.8. The van der Waals surface area contributed by atoms with Crippen molar-refractivity contribution in [2.75, 3.05) is 19.6 Å². The average Bonchev–Trinajstić information content (AvgIpc) is 2.36. The molecule has 0 radical (unpaired) electrons. The van der Waals surface area contributed by atoms with Crippen molar-refractivity contribution >= 4 is 17.5 Å². The largest absolute Gasteiger partial charge is 0.338 e. The molecule has 1 aromatic rings. The van der Waals surface area contributed by atoms with Crippen molar-refractivity contribution in [2.45, 2.75) is 20.8 Å². The van der Waals surface area contributed by atoms with Gasteiger partial charge in [-0.05, 0) is 31.0 Å². The summed E-state index contributed by atoms with van der Waals surface area (Å²) in [4.78, 5) is 14.2. The molecule has 0 aliphatic rings. The van der Waals surface area contributed by atoms with Crippen LogP contribution in [0.5, 0.6) is 0 Å². The Morgan fingerprint density at radius 2 is 2.00 bits per heavy atom. The van der Waals surface area contributed by atoms with E-state index < -0.39 is 0 Å². The van der Waals surface area contributed by atoms with E-state index in [9.17, 15) is 4.79 Å². The van der Waals surface area contributed by atoms with Gasteiger partial charge in [-0.25, -0.2) is 0 Å². The highest BCUT2D eigenvalue weighted by Crippen LogP contribution is 2.20. The number of hydrogen-bond acceptors (Lipinski definition) is 2. The average molecular weight is 269 g/mol. The molecule has 0 aromatic heterocycles. The predicted molar refractivity (Wildman–Crippen MR) is 75.9 cm³/mol. The number of nitrogens with zero attached hydrogens (tertiary/aromatic N) is 1. The summed E-state index contributed by atoms with van der Waals surface area (Å²) in [6, 6.07) is 7.12. The Hall–Kier alpha value is -1.06. The third-order valence-corrected chi connectivity index (χ3v) is 3.27. The summed E-state index contributed by atoms with van der Waals surface area (Å²) < 4.78 is 0. The first-order valence-electron chi connectivity index (χ1n) is 6.15. The second kappa shape index (κ2) is 6.21. The zero-order valence-corrected chi connectivity index (χ0v) is 12.0. The number of carbonyl (C=O) groups is 1. The molecular formula is C14H21ClN2O. The van der Waals surface area contributed by atoms with E-state index in [1.54, 1.807) is 17.0 Å². The van der Waals surface area contributed by atoms with Gasteiger partial charge in [0, 0.05) is 13.1 Å². The van der Waals surface area contributed by atoms with Crippen LogP contribution in [0.1, 0.15) is 31.1 Å². The van der Waals surface area contributed by atoms with Crippen LogP contribution in [-0.2, 0) is 0 Å². The first kappa shape index (κ1) is 15.0. The summed E-state index contributed by atoms with van der Waals surface area (Å²) in [6.45, 7) is 7.88. The van der Waals surface area contributed by atoms with E-state index in [-0.39, 0.29) is 11.3 Å². The molecule has 4 heteroatoms. The van der Waals surface area contributed by atoms with Crippen molar-refractivity contribution in [1.29, 1.82) is 0 Å². The van der Waals surface area contributed by atoms with Gasteiger partial charge in [-0.15, -0.1) is 0 Å². The number of amides is 1. The number of carbonyl (C=O) groups excluding carboxylic acids is 1. The second-order valence-corrected chi connectivity index (χ2v) is 5.57. The molecule has 100 valence electrons. The van der Waals surface area contributed by atoms with Crippen LogP contribution in [-0.4, -0.2) is 30.4 Å². The smallest absolute Gasteiger partial charge is 0.255 e. The summed E-state index contributed by atoms with van der Waals surface area (Å²) in [5.41, 5.74) is 6.17. The Kier molecular flexibility index (Phi) is 5.17. The van der Waals surface area contributed by atoms with Crippen LogP contribution in [0.4, 0.5) is 0 Å². The van der Waals surface area contributed by atoms with Gasteiger partial charge in [0.2, 0.25) is 0 Å². The van der Waals surface area contributed by atoms with Crippen molar-refractivity contribution < 1.29 is 4.79 Å². The van der Waals surface area contributed by atoms with E-state index in [1.165, 1.54) is 0 Å². The first-order valence-corrected chi connectivity index (χ1v) is 6.53. The number of benzene rings is 1. The van der Waals surface area contributed by atoms with Gasteiger partial charge in [-0.1, -0.05) is 37.6 Å². The molecule has 1 rings (SSSR count). The van der Waals surface area contributed by atoms with Crippen molar-refractivity contribution in [1.82, 2.24) is 4.90 Å². The molecule has 0 fully saturated rings. The first-order chi connectivity index (χ1) is 8.41. The van der Waals surface area contributed by atoms with E-state index in [4.69, 9.17) is 17.3 Å². The monoisotopic (exact) mass is 268 g/mol. The Morgan fingerprint density at radius 3 is 2.50 bits per heavy atom. The van der Waals surface area contributed by atoms with Crippen LogP contribution in [0, 0.1) is 5.41 Å². The summed E-state index contributed by atoms with van der Waals surface area (Å²) in [6.07, 6.45) is 0. The normalized spacial score (nSPS) is 11.4. The third-order valence-electron chi connectivity index (χ3n) is 2.94. The molecule has 0 saturated heterocycles. The van der Waals surface area contributed by atoms with E-state index in [0.717, 1.165) is 0 Å². The third kappa shape index (κ3) is 3.72. The molecule has 0 aliphatic carbocycles.